The minimum absolute atomic E-state index is 0.00694. The number of rotatable bonds is 4. The van der Waals surface area contributed by atoms with Crippen LogP contribution >= 0.6 is 0 Å². The van der Waals surface area contributed by atoms with Crippen LogP contribution in [0.1, 0.15) is 74.2 Å². The van der Waals surface area contributed by atoms with Gasteiger partial charge in [-0.05, 0) is 44.2 Å². The Labute approximate surface area is 221 Å². The number of phenols is 1. The number of aromatic hydroxyl groups is 1. The SMILES string of the molecule is CC(=O)C1=C(O)C(C(C)C)[C@@]2(C)C[C@@]3(C)Cc4c(N(C)C)cc(C(C)=O)c(O)c4C(=O)C3=C(O)[C@@]2(O)C1=O. The van der Waals surface area contributed by atoms with Crippen LogP contribution in [0.3, 0.4) is 0 Å². The molecule has 0 fully saturated rings. The molecule has 9 heteroatoms. The molecule has 0 bridgehead atoms. The second-order valence-corrected chi connectivity index (χ2v) is 12.1. The van der Waals surface area contributed by atoms with Crippen LogP contribution in [0, 0.1) is 22.7 Å². The molecule has 3 aliphatic carbocycles. The second-order valence-electron chi connectivity index (χ2n) is 12.1. The van der Waals surface area contributed by atoms with E-state index in [0.29, 0.717) is 11.3 Å². The van der Waals surface area contributed by atoms with Crippen molar-refractivity contribution in [1.29, 1.82) is 0 Å². The van der Waals surface area contributed by atoms with Crippen molar-refractivity contribution < 1.29 is 39.6 Å². The number of aliphatic hydroxyl groups is 3. The lowest BCUT2D eigenvalue weighted by atomic mass is 9.44. The third kappa shape index (κ3) is 3.20. The molecule has 0 amide bonds. The Morgan fingerprint density at radius 2 is 1.63 bits per heavy atom. The fourth-order valence-electron chi connectivity index (χ4n) is 7.45. The standard InChI is InChI=1S/C29H35NO8/c1-12(2)20-23(34)18(14(4)32)25(36)29(38)26(37)21-24(35)19-16(10-27(21,5)11-28(20,29)6)17(30(7)8)9-15(13(3)31)22(19)33/h9,12,20,33-34,37-38H,10-11H2,1-8H3/t20?,27-,28-,29+/m1/s1. The Hall–Kier alpha value is -3.46. The molecule has 4 N–H and O–H groups in total. The summed E-state index contributed by atoms with van der Waals surface area (Å²) in [4.78, 5) is 54.3. The maximum atomic E-state index is 14.1. The Bertz CT molecular complexity index is 1400. The zero-order chi connectivity index (χ0) is 28.9. The first-order valence-corrected chi connectivity index (χ1v) is 12.6. The molecule has 1 aromatic carbocycles. The summed E-state index contributed by atoms with van der Waals surface area (Å²) in [6.45, 7) is 9.25. The number of aliphatic hydroxyl groups excluding tert-OH is 2. The number of fused-ring (bicyclic) bond motifs is 3. The van der Waals surface area contributed by atoms with E-state index in [0.717, 1.165) is 6.92 Å². The van der Waals surface area contributed by atoms with E-state index >= 15 is 0 Å². The molecule has 4 rings (SSSR count). The molecule has 0 saturated heterocycles. The molecule has 0 radical (unpaired) electrons. The fraction of sp³-hybridized carbons (Fsp3) is 0.517. The zero-order valence-electron chi connectivity index (χ0n) is 23.0. The number of hydrogen-bond donors (Lipinski definition) is 4. The minimum Gasteiger partial charge on any atom is -0.511 e. The van der Waals surface area contributed by atoms with Crippen LogP contribution in [-0.4, -0.2) is 63.3 Å². The summed E-state index contributed by atoms with van der Waals surface area (Å²) in [5.41, 5.74) is -5.33. The average Bonchev–Trinajstić information content (AvgIpc) is 2.75. The first-order valence-electron chi connectivity index (χ1n) is 12.6. The summed E-state index contributed by atoms with van der Waals surface area (Å²) < 4.78 is 0. The highest BCUT2D eigenvalue weighted by atomic mass is 16.3. The lowest BCUT2D eigenvalue weighted by Crippen LogP contribution is -2.67. The fourth-order valence-corrected chi connectivity index (χ4v) is 7.45. The normalized spacial score (nSPS) is 30.7. The number of allylic oxidation sites excluding steroid dienone is 2. The molecule has 0 aromatic heterocycles. The Kier molecular flexibility index (Phi) is 6.00. The van der Waals surface area contributed by atoms with Crippen molar-refractivity contribution in [2.75, 3.05) is 19.0 Å². The van der Waals surface area contributed by atoms with E-state index in [4.69, 9.17) is 0 Å². The quantitative estimate of drug-likeness (QED) is 0.341. The summed E-state index contributed by atoms with van der Waals surface area (Å²) in [6.07, 6.45) is 0.147. The number of benzene rings is 1. The molecular weight excluding hydrogens is 490 g/mol. The third-order valence-electron chi connectivity index (χ3n) is 8.84. The van der Waals surface area contributed by atoms with E-state index in [1.54, 1.807) is 46.7 Å². The summed E-state index contributed by atoms with van der Waals surface area (Å²) in [5, 5.41) is 46.0. The molecule has 38 heavy (non-hydrogen) atoms. The van der Waals surface area contributed by atoms with Gasteiger partial charge in [0, 0.05) is 42.1 Å². The van der Waals surface area contributed by atoms with Crippen LogP contribution in [-0.2, 0) is 16.0 Å². The van der Waals surface area contributed by atoms with E-state index in [1.165, 1.54) is 13.0 Å². The molecule has 3 aliphatic rings. The lowest BCUT2D eigenvalue weighted by Gasteiger charge is -2.59. The van der Waals surface area contributed by atoms with Gasteiger partial charge in [-0.15, -0.1) is 0 Å². The monoisotopic (exact) mass is 525 g/mol. The summed E-state index contributed by atoms with van der Waals surface area (Å²) >= 11 is 0. The van der Waals surface area contributed by atoms with Crippen molar-refractivity contribution in [3.05, 3.63) is 45.4 Å². The summed E-state index contributed by atoms with van der Waals surface area (Å²) in [7, 11) is 3.49. The second kappa shape index (κ2) is 8.27. The maximum Gasteiger partial charge on any atom is 0.209 e. The number of ketones is 4. The average molecular weight is 526 g/mol. The van der Waals surface area contributed by atoms with Crippen molar-refractivity contribution in [1.82, 2.24) is 0 Å². The molecule has 1 aromatic rings. The first-order chi connectivity index (χ1) is 17.4. The predicted molar refractivity (Wildman–Crippen MR) is 140 cm³/mol. The Balaban J connectivity index is 2.12. The van der Waals surface area contributed by atoms with Gasteiger partial charge in [0.05, 0.1) is 11.1 Å². The van der Waals surface area contributed by atoms with Crippen molar-refractivity contribution in [3.63, 3.8) is 0 Å². The van der Waals surface area contributed by atoms with Gasteiger partial charge >= 0.3 is 0 Å². The van der Waals surface area contributed by atoms with Crippen LogP contribution < -0.4 is 4.90 Å². The van der Waals surface area contributed by atoms with Crippen molar-refractivity contribution in [3.8, 4) is 5.75 Å². The van der Waals surface area contributed by atoms with Gasteiger partial charge in [-0.3, -0.25) is 19.2 Å². The van der Waals surface area contributed by atoms with Gasteiger partial charge in [0.2, 0.25) is 5.78 Å². The number of hydrogen-bond acceptors (Lipinski definition) is 9. The highest BCUT2D eigenvalue weighted by molar-refractivity contribution is 6.25. The molecule has 0 heterocycles. The third-order valence-corrected chi connectivity index (χ3v) is 8.84. The number of Topliss-reactive ketones (excluding diaryl/α,β-unsaturated/α-hetero) is 4. The number of nitrogens with zero attached hydrogens (tertiary/aromatic N) is 1. The molecule has 0 spiro atoms. The molecule has 204 valence electrons. The van der Waals surface area contributed by atoms with E-state index < -0.39 is 68.3 Å². The lowest BCUT2D eigenvalue weighted by molar-refractivity contribution is -0.171. The van der Waals surface area contributed by atoms with Gasteiger partial charge in [0.25, 0.3) is 0 Å². The van der Waals surface area contributed by atoms with Gasteiger partial charge in [-0.25, -0.2) is 0 Å². The highest BCUT2D eigenvalue weighted by Gasteiger charge is 2.71. The van der Waals surface area contributed by atoms with Gasteiger partial charge < -0.3 is 25.3 Å². The van der Waals surface area contributed by atoms with E-state index in [2.05, 4.69) is 0 Å². The Morgan fingerprint density at radius 1 is 1.05 bits per heavy atom. The van der Waals surface area contributed by atoms with Crippen LogP contribution in [0.15, 0.2) is 28.7 Å². The topological polar surface area (TPSA) is 152 Å². The Morgan fingerprint density at radius 3 is 2.11 bits per heavy atom. The van der Waals surface area contributed by atoms with Gasteiger partial charge in [-0.2, -0.15) is 0 Å². The van der Waals surface area contributed by atoms with Crippen LogP contribution in [0.5, 0.6) is 5.75 Å². The summed E-state index contributed by atoms with van der Waals surface area (Å²) in [5.74, 6) is -6.26. The van der Waals surface area contributed by atoms with Crippen molar-refractivity contribution in [2.24, 2.45) is 22.7 Å². The van der Waals surface area contributed by atoms with Gasteiger partial charge in [0.15, 0.2) is 23.0 Å². The van der Waals surface area contributed by atoms with E-state index in [-0.39, 0.29) is 35.5 Å². The van der Waals surface area contributed by atoms with Crippen molar-refractivity contribution in [2.45, 2.75) is 60.0 Å². The van der Waals surface area contributed by atoms with E-state index in [1.807, 2.05) is 0 Å². The van der Waals surface area contributed by atoms with E-state index in [9.17, 15) is 39.6 Å². The number of carbonyl (C=O) groups excluding carboxylic acids is 4. The predicted octanol–water partition coefficient (Wildman–Crippen LogP) is 3.62. The molecule has 9 nitrogen and oxygen atoms in total. The van der Waals surface area contributed by atoms with Gasteiger partial charge in [-0.1, -0.05) is 27.7 Å². The number of carbonyl (C=O) groups is 4. The first kappa shape index (κ1) is 27.6. The highest BCUT2D eigenvalue weighted by Crippen LogP contribution is 2.65. The molecular formula is C29H35NO8. The van der Waals surface area contributed by atoms with Gasteiger partial charge in [0.1, 0.15) is 22.8 Å². The molecule has 0 aliphatic heterocycles. The minimum atomic E-state index is -2.67. The molecule has 1 unspecified atom stereocenters. The number of phenolic OH excluding ortho intramolecular Hbond substituents is 1. The maximum absolute atomic E-state index is 14.1. The number of anilines is 1. The smallest absolute Gasteiger partial charge is 0.209 e. The largest absolute Gasteiger partial charge is 0.511 e. The zero-order valence-corrected chi connectivity index (χ0v) is 23.0. The summed E-state index contributed by atoms with van der Waals surface area (Å²) in [6, 6.07) is 1.53. The molecule has 4 atom stereocenters. The van der Waals surface area contributed by atoms with Crippen LogP contribution in [0.4, 0.5) is 5.69 Å². The van der Waals surface area contributed by atoms with Crippen LogP contribution in [0.2, 0.25) is 0 Å². The van der Waals surface area contributed by atoms with Crippen LogP contribution in [0.25, 0.3) is 0 Å². The molecule has 0 saturated carbocycles. The van der Waals surface area contributed by atoms with Crippen molar-refractivity contribution >= 4 is 28.8 Å².